The number of rotatable bonds is 3. The van der Waals surface area contributed by atoms with Gasteiger partial charge in [-0.3, -0.25) is 19.7 Å². The second-order valence-electron chi connectivity index (χ2n) is 8.38. The highest BCUT2D eigenvalue weighted by atomic mass is 16.7. The third kappa shape index (κ3) is 2.96. The van der Waals surface area contributed by atoms with Crippen molar-refractivity contribution in [1.29, 1.82) is 0 Å². The van der Waals surface area contributed by atoms with E-state index in [4.69, 9.17) is 4.84 Å². The number of nitro benzene ring substituents is 1. The number of anilines is 1. The number of amides is 1. The zero-order chi connectivity index (χ0) is 20.1. The number of hydrogen-bond acceptors (Lipinski definition) is 5. The molecular formula is C21H23N3O4. The first-order valence-electron chi connectivity index (χ1n) is 9.31. The Morgan fingerprint density at radius 1 is 1.11 bits per heavy atom. The summed E-state index contributed by atoms with van der Waals surface area (Å²) in [6.45, 7) is 6.64. The summed E-state index contributed by atoms with van der Waals surface area (Å²) in [5, 5.41) is 12.8. The number of β-lactam (4-membered cyclic amide) rings is 1. The number of carbonyl (C=O) groups is 1. The standard InChI is InChI=1S/C21H23N3O4/c1-20(2,3)23-18(15-7-5-4-6-8-15)13-21(28-23)14-22(19(21)25)16-9-11-17(12-10-16)24(26)27/h4-12,18H,13-14H2,1-3H3. The number of hydroxylamine groups is 2. The Morgan fingerprint density at radius 3 is 2.29 bits per heavy atom. The van der Waals surface area contributed by atoms with E-state index in [1.54, 1.807) is 17.0 Å². The van der Waals surface area contributed by atoms with Gasteiger partial charge in [0.2, 0.25) is 0 Å². The fraction of sp³-hybridized carbons (Fsp3) is 0.381. The molecular weight excluding hydrogens is 358 g/mol. The maximum absolute atomic E-state index is 13.1. The third-order valence-electron chi connectivity index (χ3n) is 5.35. The molecule has 2 aliphatic heterocycles. The van der Waals surface area contributed by atoms with Crippen molar-refractivity contribution in [3.63, 3.8) is 0 Å². The average molecular weight is 381 g/mol. The predicted octanol–water partition coefficient (Wildman–Crippen LogP) is 3.86. The van der Waals surface area contributed by atoms with E-state index in [0.29, 0.717) is 18.7 Å². The Hall–Kier alpha value is -2.77. The summed E-state index contributed by atoms with van der Waals surface area (Å²) in [5.74, 6) is -0.103. The zero-order valence-electron chi connectivity index (χ0n) is 16.2. The minimum atomic E-state index is -0.879. The molecule has 7 heteroatoms. The zero-order valence-corrected chi connectivity index (χ0v) is 16.2. The monoisotopic (exact) mass is 381 g/mol. The van der Waals surface area contributed by atoms with Crippen LogP contribution >= 0.6 is 0 Å². The van der Waals surface area contributed by atoms with Crippen molar-refractivity contribution in [3.05, 3.63) is 70.3 Å². The summed E-state index contributed by atoms with van der Waals surface area (Å²) < 4.78 is 0. The van der Waals surface area contributed by atoms with Gasteiger partial charge < -0.3 is 4.90 Å². The Labute approximate surface area is 163 Å². The summed E-state index contributed by atoms with van der Waals surface area (Å²) in [4.78, 5) is 31.4. The van der Waals surface area contributed by atoms with Crippen molar-refractivity contribution in [2.75, 3.05) is 11.4 Å². The number of carbonyl (C=O) groups excluding carboxylic acids is 1. The van der Waals surface area contributed by atoms with Crippen LogP contribution in [0.15, 0.2) is 54.6 Å². The van der Waals surface area contributed by atoms with E-state index in [9.17, 15) is 14.9 Å². The minimum Gasteiger partial charge on any atom is -0.306 e. The van der Waals surface area contributed by atoms with Gasteiger partial charge in [-0.1, -0.05) is 30.3 Å². The molecule has 2 unspecified atom stereocenters. The molecule has 0 bridgehead atoms. The lowest BCUT2D eigenvalue weighted by atomic mass is 9.84. The Morgan fingerprint density at radius 2 is 1.75 bits per heavy atom. The van der Waals surface area contributed by atoms with Gasteiger partial charge >= 0.3 is 0 Å². The first-order chi connectivity index (χ1) is 13.2. The number of nitrogens with zero attached hydrogens (tertiary/aromatic N) is 3. The number of nitro groups is 1. The molecule has 2 atom stereocenters. The molecule has 0 saturated carbocycles. The van der Waals surface area contributed by atoms with Gasteiger partial charge in [-0.25, -0.2) is 0 Å². The largest absolute Gasteiger partial charge is 0.306 e. The van der Waals surface area contributed by atoms with Crippen LogP contribution in [0.2, 0.25) is 0 Å². The molecule has 2 aromatic rings. The fourth-order valence-electron chi connectivity index (χ4n) is 3.95. The van der Waals surface area contributed by atoms with Crippen molar-refractivity contribution in [2.24, 2.45) is 0 Å². The third-order valence-corrected chi connectivity index (χ3v) is 5.35. The van der Waals surface area contributed by atoms with Crippen molar-refractivity contribution in [1.82, 2.24) is 5.06 Å². The molecule has 0 aliphatic carbocycles. The second kappa shape index (κ2) is 6.39. The molecule has 0 aromatic heterocycles. The SMILES string of the molecule is CC(C)(C)N1OC2(CC1c1ccccc1)CN(c1ccc([N+](=O)[O-])cc1)C2=O. The van der Waals surface area contributed by atoms with Gasteiger partial charge in [0, 0.05) is 29.8 Å². The minimum absolute atomic E-state index is 0.00611. The van der Waals surface area contributed by atoms with Crippen LogP contribution in [0.4, 0.5) is 11.4 Å². The highest BCUT2D eigenvalue weighted by molar-refractivity contribution is 6.07. The van der Waals surface area contributed by atoms with Crippen LogP contribution in [0, 0.1) is 10.1 Å². The highest BCUT2D eigenvalue weighted by Gasteiger charge is 2.62. The van der Waals surface area contributed by atoms with Gasteiger partial charge in [-0.2, -0.15) is 5.06 Å². The second-order valence-corrected chi connectivity index (χ2v) is 8.38. The number of benzene rings is 2. The molecule has 0 radical (unpaired) electrons. The van der Waals surface area contributed by atoms with Crippen LogP contribution in [0.3, 0.4) is 0 Å². The Bertz CT molecular complexity index is 907. The summed E-state index contributed by atoms with van der Waals surface area (Å²) in [5.41, 5.74) is 0.631. The lowest BCUT2D eigenvalue weighted by Crippen LogP contribution is -2.67. The van der Waals surface area contributed by atoms with E-state index >= 15 is 0 Å². The molecule has 146 valence electrons. The van der Waals surface area contributed by atoms with Gasteiger partial charge in [0.25, 0.3) is 11.6 Å². The maximum atomic E-state index is 13.1. The van der Waals surface area contributed by atoms with Crippen LogP contribution in [0.25, 0.3) is 0 Å². The maximum Gasteiger partial charge on any atom is 0.269 e. The van der Waals surface area contributed by atoms with E-state index in [2.05, 4.69) is 32.9 Å². The van der Waals surface area contributed by atoms with E-state index < -0.39 is 10.5 Å². The quantitative estimate of drug-likeness (QED) is 0.458. The van der Waals surface area contributed by atoms with Crippen molar-refractivity contribution < 1.29 is 14.6 Å². The molecule has 1 amide bonds. The topological polar surface area (TPSA) is 75.9 Å². The first kappa shape index (κ1) is 18.6. The smallest absolute Gasteiger partial charge is 0.269 e. The summed E-state index contributed by atoms with van der Waals surface area (Å²) in [7, 11) is 0. The fourth-order valence-corrected chi connectivity index (χ4v) is 3.95. The summed E-state index contributed by atoms with van der Waals surface area (Å²) >= 11 is 0. The van der Waals surface area contributed by atoms with E-state index in [-0.39, 0.29) is 23.2 Å². The van der Waals surface area contributed by atoms with E-state index in [1.807, 2.05) is 23.3 Å². The molecule has 2 heterocycles. The molecule has 2 aromatic carbocycles. The summed E-state index contributed by atoms with van der Waals surface area (Å²) in [6, 6.07) is 16.1. The van der Waals surface area contributed by atoms with Crippen molar-refractivity contribution in [3.8, 4) is 0 Å². The number of non-ortho nitro benzene ring substituents is 1. The summed E-state index contributed by atoms with van der Waals surface area (Å²) in [6.07, 6.45) is 0.580. The molecule has 1 spiro atoms. The van der Waals surface area contributed by atoms with Crippen LogP contribution in [0.5, 0.6) is 0 Å². The van der Waals surface area contributed by atoms with Crippen LogP contribution < -0.4 is 4.90 Å². The lowest BCUT2D eigenvalue weighted by molar-refractivity contribution is -0.384. The van der Waals surface area contributed by atoms with Gasteiger partial charge in [-0.15, -0.1) is 0 Å². The Balaban J connectivity index is 1.58. The molecule has 2 aliphatic rings. The molecule has 28 heavy (non-hydrogen) atoms. The predicted molar refractivity (Wildman–Crippen MR) is 105 cm³/mol. The van der Waals surface area contributed by atoms with E-state index in [1.165, 1.54) is 12.1 Å². The van der Waals surface area contributed by atoms with Crippen molar-refractivity contribution >= 4 is 17.3 Å². The van der Waals surface area contributed by atoms with Crippen LogP contribution in [-0.2, 0) is 9.63 Å². The number of hydrogen-bond donors (Lipinski definition) is 0. The molecule has 2 fully saturated rings. The van der Waals surface area contributed by atoms with E-state index in [0.717, 1.165) is 5.56 Å². The normalized spacial score (nSPS) is 25.2. The highest BCUT2D eigenvalue weighted by Crippen LogP contribution is 2.49. The lowest BCUT2D eigenvalue weighted by Gasteiger charge is -2.46. The molecule has 2 saturated heterocycles. The van der Waals surface area contributed by atoms with Crippen molar-refractivity contribution in [2.45, 2.75) is 44.4 Å². The average Bonchev–Trinajstić information content (AvgIpc) is 3.10. The van der Waals surface area contributed by atoms with Gasteiger partial charge in [0.05, 0.1) is 17.5 Å². The molecule has 0 N–H and O–H groups in total. The molecule has 4 rings (SSSR count). The van der Waals surface area contributed by atoms with Gasteiger partial charge in [0.15, 0.2) is 5.60 Å². The Kier molecular flexibility index (Phi) is 4.24. The van der Waals surface area contributed by atoms with Crippen LogP contribution in [0.1, 0.15) is 38.8 Å². The molecule has 7 nitrogen and oxygen atoms in total. The van der Waals surface area contributed by atoms with Gasteiger partial charge in [0.1, 0.15) is 0 Å². The van der Waals surface area contributed by atoms with Gasteiger partial charge in [-0.05, 0) is 38.5 Å². The van der Waals surface area contributed by atoms with Crippen LogP contribution in [-0.4, -0.2) is 33.6 Å². The first-order valence-corrected chi connectivity index (χ1v) is 9.31.